The first-order valence-electron chi connectivity index (χ1n) is 7.29. The van der Waals surface area contributed by atoms with Gasteiger partial charge >= 0.3 is 0 Å². The van der Waals surface area contributed by atoms with E-state index in [1.54, 1.807) is 0 Å². The fourth-order valence-corrected chi connectivity index (χ4v) is 2.67. The van der Waals surface area contributed by atoms with E-state index in [1.165, 1.54) is 12.8 Å². The van der Waals surface area contributed by atoms with E-state index in [-0.39, 0.29) is 5.41 Å². The minimum atomic E-state index is -0.789. The van der Waals surface area contributed by atoms with E-state index in [4.69, 9.17) is 5.73 Å². The molecule has 18 heavy (non-hydrogen) atoms. The standard InChI is InChI=1S/C14H30N2O2/c1-4-8-16(11-6-7-11)13(18)10-14(3,5-2)9-12(15)17/h11-13,17-18H,4-10,15H2,1-3H3. The van der Waals surface area contributed by atoms with Crippen LogP contribution in [0.15, 0.2) is 0 Å². The lowest BCUT2D eigenvalue weighted by Gasteiger charge is -2.36. The number of nitrogens with two attached hydrogens (primary N) is 1. The summed E-state index contributed by atoms with van der Waals surface area (Å²) in [5, 5.41) is 19.8. The van der Waals surface area contributed by atoms with Crippen LogP contribution >= 0.6 is 0 Å². The van der Waals surface area contributed by atoms with Gasteiger partial charge in [-0.2, -0.15) is 0 Å². The van der Waals surface area contributed by atoms with Crippen molar-refractivity contribution in [3.8, 4) is 0 Å². The third-order valence-electron chi connectivity index (χ3n) is 4.11. The largest absolute Gasteiger partial charge is 0.379 e. The van der Waals surface area contributed by atoms with Crippen molar-refractivity contribution >= 4 is 0 Å². The second-order valence-corrected chi connectivity index (χ2v) is 6.09. The topological polar surface area (TPSA) is 69.7 Å². The summed E-state index contributed by atoms with van der Waals surface area (Å²) in [5.74, 6) is 0. The number of aliphatic hydroxyl groups is 2. The molecule has 3 atom stereocenters. The maximum Gasteiger partial charge on any atom is 0.108 e. The Labute approximate surface area is 111 Å². The fraction of sp³-hybridized carbons (Fsp3) is 1.00. The lowest BCUT2D eigenvalue weighted by molar-refractivity contribution is -0.0441. The van der Waals surface area contributed by atoms with Crippen LogP contribution in [0.4, 0.5) is 0 Å². The van der Waals surface area contributed by atoms with Gasteiger partial charge in [0.05, 0.1) is 0 Å². The van der Waals surface area contributed by atoms with E-state index < -0.39 is 12.5 Å². The molecule has 4 heteroatoms. The van der Waals surface area contributed by atoms with E-state index in [1.807, 2.05) is 0 Å². The number of nitrogens with zero attached hydrogens (tertiary/aromatic N) is 1. The molecule has 0 aromatic heterocycles. The summed E-state index contributed by atoms with van der Waals surface area (Å²) in [6, 6.07) is 0.573. The molecular formula is C14H30N2O2. The highest BCUT2D eigenvalue weighted by Gasteiger charge is 2.36. The third kappa shape index (κ3) is 4.84. The average molecular weight is 258 g/mol. The maximum absolute atomic E-state index is 10.4. The summed E-state index contributed by atoms with van der Waals surface area (Å²) in [5.41, 5.74) is 5.41. The summed E-state index contributed by atoms with van der Waals surface area (Å²) in [6.07, 6.45) is 4.45. The Balaban J connectivity index is 2.55. The Bertz CT molecular complexity index is 244. The number of hydrogen-bond acceptors (Lipinski definition) is 4. The normalized spacial score (nSPS) is 22.8. The summed E-state index contributed by atoms with van der Waals surface area (Å²) < 4.78 is 0. The van der Waals surface area contributed by atoms with Crippen LogP contribution in [0.1, 0.15) is 59.3 Å². The quantitative estimate of drug-likeness (QED) is 0.550. The highest BCUT2D eigenvalue weighted by molar-refractivity contribution is 4.88. The molecule has 4 nitrogen and oxygen atoms in total. The van der Waals surface area contributed by atoms with Crippen molar-refractivity contribution in [2.45, 2.75) is 77.8 Å². The highest BCUT2D eigenvalue weighted by atomic mass is 16.3. The summed E-state index contributed by atoms with van der Waals surface area (Å²) in [7, 11) is 0. The first-order chi connectivity index (χ1) is 8.41. The van der Waals surface area contributed by atoms with Crippen LogP contribution in [-0.2, 0) is 0 Å². The molecular weight excluding hydrogens is 228 g/mol. The summed E-state index contributed by atoms with van der Waals surface area (Å²) in [6.45, 7) is 7.29. The molecule has 0 saturated heterocycles. The molecule has 1 fully saturated rings. The molecule has 3 unspecified atom stereocenters. The Morgan fingerprint density at radius 3 is 2.28 bits per heavy atom. The molecule has 0 aromatic carbocycles. The molecule has 108 valence electrons. The van der Waals surface area contributed by atoms with Gasteiger partial charge in [-0.25, -0.2) is 0 Å². The Morgan fingerprint density at radius 1 is 1.28 bits per heavy atom. The van der Waals surface area contributed by atoms with Gasteiger partial charge in [-0.3, -0.25) is 4.90 Å². The van der Waals surface area contributed by atoms with E-state index >= 15 is 0 Å². The molecule has 0 radical (unpaired) electrons. The zero-order valence-electron chi connectivity index (χ0n) is 12.1. The smallest absolute Gasteiger partial charge is 0.108 e. The van der Waals surface area contributed by atoms with Crippen molar-refractivity contribution in [2.24, 2.45) is 11.1 Å². The minimum Gasteiger partial charge on any atom is -0.379 e. The van der Waals surface area contributed by atoms with E-state index in [0.717, 1.165) is 19.4 Å². The van der Waals surface area contributed by atoms with Crippen LogP contribution in [0.25, 0.3) is 0 Å². The van der Waals surface area contributed by atoms with Crippen LogP contribution in [0, 0.1) is 5.41 Å². The Morgan fingerprint density at radius 2 is 1.89 bits per heavy atom. The Kier molecular flexibility index (Phi) is 6.05. The van der Waals surface area contributed by atoms with Crippen LogP contribution in [0.5, 0.6) is 0 Å². The predicted octanol–water partition coefficient (Wildman–Crippen LogP) is 1.65. The monoisotopic (exact) mass is 258 g/mol. The third-order valence-corrected chi connectivity index (χ3v) is 4.11. The van der Waals surface area contributed by atoms with Gasteiger partial charge in [-0.1, -0.05) is 27.2 Å². The molecule has 0 aliphatic heterocycles. The van der Waals surface area contributed by atoms with Crippen molar-refractivity contribution in [1.29, 1.82) is 0 Å². The molecule has 1 aliphatic rings. The molecule has 1 saturated carbocycles. The Hall–Kier alpha value is -0.160. The van der Waals surface area contributed by atoms with Crippen LogP contribution < -0.4 is 5.73 Å². The van der Waals surface area contributed by atoms with Crippen molar-refractivity contribution in [1.82, 2.24) is 4.90 Å². The molecule has 0 bridgehead atoms. The van der Waals surface area contributed by atoms with Gasteiger partial charge in [0.2, 0.25) is 0 Å². The van der Waals surface area contributed by atoms with Crippen LogP contribution in [0.3, 0.4) is 0 Å². The van der Waals surface area contributed by atoms with Gasteiger partial charge in [0.25, 0.3) is 0 Å². The van der Waals surface area contributed by atoms with Gasteiger partial charge in [0.1, 0.15) is 12.5 Å². The molecule has 0 heterocycles. The summed E-state index contributed by atoms with van der Waals surface area (Å²) in [4.78, 5) is 2.22. The fourth-order valence-electron chi connectivity index (χ4n) is 2.67. The van der Waals surface area contributed by atoms with Crippen molar-refractivity contribution in [3.05, 3.63) is 0 Å². The van der Waals surface area contributed by atoms with Gasteiger partial charge in [0.15, 0.2) is 0 Å². The van der Waals surface area contributed by atoms with Gasteiger partial charge in [-0.15, -0.1) is 0 Å². The van der Waals surface area contributed by atoms with E-state index in [0.29, 0.717) is 18.9 Å². The lowest BCUT2D eigenvalue weighted by Crippen LogP contribution is -2.42. The molecule has 0 spiro atoms. The van der Waals surface area contributed by atoms with Crippen LogP contribution in [-0.4, -0.2) is 40.2 Å². The zero-order chi connectivity index (χ0) is 13.8. The van der Waals surface area contributed by atoms with E-state index in [9.17, 15) is 10.2 Å². The second kappa shape index (κ2) is 6.85. The SMILES string of the molecule is CCCN(C(O)CC(C)(CC)CC(N)O)C1CC1. The van der Waals surface area contributed by atoms with Crippen molar-refractivity contribution in [3.63, 3.8) is 0 Å². The van der Waals surface area contributed by atoms with Gasteiger partial charge < -0.3 is 15.9 Å². The van der Waals surface area contributed by atoms with Gasteiger partial charge in [-0.05, 0) is 37.5 Å². The predicted molar refractivity (Wildman–Crippen MR) is 73.9 cm³/mol. The molecule has 0 amide bonds. The number of rotatable bonds is 9. The van der Waals surface area contributed by atoms with Crippen molar-refractivity contribution in [2.75, 3.05) is 6.54 Å². The number of aliphatic hydroxyl groups excluding tert-OH is 2. The van der Waals surface area contributed by atoms with Crippen molar-refractivity contribution < 1.29 is 10.2 Å². The first-order valence-corrected chi connectivity index (χ1v) is 7.29. The summed E-state index contributed by atoms with van der Waals surface area (Å²) >= 11 is 0. The molecule has 4 N–H and O–H groups in total. The van der Waals surface area contributed by atoms with Crippen LogP contribution in [0.2, 0.25) is 0 Å². The molecule has 1 aliphatic carbocycles. The van der Waals surface area contributed by atoms with E-state index in [2.05, 4.69) is 25.7 Å². The molecule has 1 rings (SSSR count). The van der Waals surface area contributed by atoms with Gasteiger partial charge in [0, 0.05) is 12.6 Å². The lowest BCUT2D eigenvalue weighted by atomic mass is 9.79. The average Bonchev–Trinajstić information content (AvgIpc) is 3.08. The zero-order valence-corrected chi connectivity index (χ0v) is 12.1. The molecule has 0 aromatic rings. The minimum absolute atomic E-state index is 0.0888. The first kappa shape index (κ1) is 15.9. The maximum atomic E-state index is 10.4. The number of hydrogen-bond donors (Lipinski definition) is 3. The second-order valence-electron chi connectivity index (χ2n) is 6.09. The highest BCUT2D eigenvalue weighted by Crippen LogP contribution is 2.36.